The van der Waals surface area contributed by atoms with E-state index in [2.05, 4.69) is 83.4 Å². The fourth-order valence-corrected chi connectivity index (χ4v) is 6.96. The van der Waals surface area contributed by atoms with Gasteiger partial charge in [0.15, 0.2) is 0 Å². The van der Waals surface area contributed by atoms with Crippen molar-refractivity contribution < 1.29 is 4.42 Å². The predicted octanol–water partition coefficient (Wildman–Crippen LogP) is 9.40. The van der Waals surface area contributed by atoms with Crippen LogP contribution in [0.15, 0.2) is 120 Å². The summed E-state index contributed by atoms with van der Waals surface area (Å²) in [6.45, 7) is 0. The molecule has 206 valence electrons. The number of rotatable bonds is 2. The number of nitriles is 3. The molecule has 0 amide bonds. The van der Waals surface area contributed by atoms with Crippen LogP contribution in [0.4, 0.5) is 0 Å². The standard InChI is InChI=1S/C39H19N5O/c40-20-23-18-25(22-42)35(19-24(23)21-41)44-32-13-7-5-11-30(32)37-34(44)17-15-28-27-14-16-33-36(38(27)45-39(28)37)29-10-4-6-12-31(29)43(33)26-8-2-1-3-9-26/h1-19H. The maximum atomic E-state index is 10.1. The summed E-state index contributed by atoms with van der Waals surface area (Å²) in [6, 6.07) is 44.7. The second-order valence-corrected chi connectivity index (χ2v) is 11.1. The number of hydrogen-bond acceptors (Lipinski definition) is 4. The molecule has 0 spiro atoms. The van der Waals surface area contributed by atoms with Crippen molar-refractivity contribution in [2.24, 2.45) is 0 Å². The van der Waals surface area contributed by atoms with Crippen molar-refractivity contribution in [1.29, 1.82) is 15.8 Å². The number of aromatic nitrogens is 2. The van der Waals surface area contributed by atoms with E-state index in [0.29, 0.717) is 11.3 Å². The average Bonchev–Trinajstić information content (AvgIpc) is 3.75. The van der Waals surface area contributed by atoms with Gasteiger partial charge >= 0.3 is 0 Å². The number of para-hydroxylation sites is 3. The number of fused-ring (bicyclic) bond motifs is 11. The normalized spacial score (nSPS) is 11.5. The minimum Gasteiger partial charge on any atom is -0.455 e. The maximum Gasteiger partial charge on any atom is 0.145 e. The zero-order valence-corrected chi connectivity index (χ0v) is 23.6. The summed E-state index contributed by atoms with van der Waals surface area (Å²) < 4.78 is 11.2. The van der Waals surface area contributed by atoms with Crippen molar-refractivity contribution in [3.05, 3.63) is 132 Å². The van der Waals surface area contributed by atoms with Crippen LogP contribution in [0.3, 0.4) is 0 Å². The predicted molar refractivity (Wildman–Crippen MR) is 177 cm³/mol. The smallest absolute Gasteiger partial charge is 0.145 e. The van der Waals surface area contributed by atoms with E-state index in [9.17, 15) is 15.8 Å². The summed E-state index contributed by atoms with van der Waals surface area (Å²) in [4.78, 5) is 0. The molecule has 45 heavy (non-hydrogen) atoms. The molecule has 6 aromatic carbocycles. The largest absolute Gasteiger partial charge is 0.455 e. The minimum absolute atomic E-state index is 0.178. The summed E-state index contributed by atoms with van der Waals surface area (Å²) in [7, 11) is 0. The molecule has 3 aromatic heterocycles. The Bertz CT molecular complexity index is 2850. The van der Waals surface area contributed by atoms with Crippen LogP contribution in [0.25, 0.3) is 76.9 Å². The van der Waals surface area contributed by atoms with E-state index in [4.69, 9.17) is 4.42 Å². The molecule has 0 fully saturated rings. The lowest BCUT2D eigenvalue weighted by Gasteiger charge is -2.11. The zero-order chi connectivity index (χ0) is 30.2. The highest BCUT2D eigenvalue weighted by atomic mass is 16.3. The van der Waals surface area contributed by atoms with Gasteiger partial charge in [0.25, 0.3) is 0 Å². The summed E-state index contributed by atoms with van der Waals surface area (Å²) >= 11 is 0. The lowest BCUT2D eigenvalue weighted by molar-refractivity contribution is 0.677. The van der Waals surface area contributed by atoms with Crippen LogP contribution in [0.5, 0.6) is 0 Å². The third kappa shape index (κ3) is 3.24. The van der Waals surface area contributed by atoms with Crippen LogP contribution in [0, 0.1) is 34.0 Å². The van der Waals surface area contributed by atoms with Gasteiger partial charge in [0.05, 0.1) is 55.2 Å². The van der Waals surface area contributed by atoms with E-state index in [-0.39, 0.29) is 11.1 Å². The molecule has 0 atom stereocenters. The fraction of sp³-hybridized carbons (Fsp3) is 0. The maximum absolute atomic E-state index is 10.1. The van der Waals surface area contributed by atoms with E-state index < -0.39 is 0 Å². The van der Waals surface area contributed by atoms with Gasteiger partial charge in [-0.15, -0.1) is 0 Å². The van der Waals surface area contributed by atoms with Crippen molar-refractivity contribution in [1.82, 2.24) is 9.13 Å². The average molecular weight is 574 g/mol. The molecule has 3 heterocycles. The van der Waals surface area contributed by atoms with Crippen molar-refractivity contribution in [2.75, 3.05) is 0 Å². The van der Waals surface area contributed by atoms with E-state index in [0.717, 1.165) is 71.2 Å². The quantitative estimate of drug-likeness (QED) is 0.206. The zero-order valence-electron chi connectivity index (χ0n) is 23.6. The highest BCUT2D eigenvalue weighted by Gasteiger charge is 2.23. The Morgan fingerprint density at radius 3 is 1.56 bits per heavy atom. The Kier molecular flexibility index (Phi) is 5.00. The number of furan rings is 1. The van der Waals surface area contributed by atoms with Crippen LogP contribution in [-0.2, 0) is 0 Å². The molecule has 0 aliphatic carbocycles. The molecule has 0 aliphatic heterocycles. The minimum atomic E-state index is 0.178. The Balaban J connectivity index is 1.44. The van der Waals surface area contributed by atoms with Gasteiger partial charge in [-0.2, -0.15) is 15.8 Å². The molecule has 6 heteroatoms. The first-order chi connectivity index (χ1) is 22.2. The van der Waals surface area contributed by atoms with Gasteiger partial charge in [0, 0.05) is 27.2 Å². The van der Waals surface area contributed by atoms with Gasteiger partial charge < -0.3 is 13.6 Å². The van der Waals surface area contributed by atoms with E-state index >= 15 is 0 Å². The molecule has 0 saturated carbocycles. The molecule has 6 nitrogen and oxygen atoms in total. The van der Waals surface area contributed by atoms with E-state index in [1.54, 1.807) is 6.07 Å². The van der Waals surface area contributed by atoms with Crippen molar-refractivity contribution in [3.63, 3.8) is 0 Å². The topological polar surface area (TPSA) is 94.4 Å². The summed E-state index contributed by atoms with van der Waals surface area (Å²) in [5.41, 5.74) is 7.80. The number of benzene rings is 6. The van der Waals surface area contributed by atoms with Crippen LogP contribution in [0.1, 0.15) is 16.7 Å². The van der Waals surface area contributed by atoms with Gasteiger partial charge in [-0.3, -0.25) is 0 Å². The molecule has 9 rings (SSSR count). The lowest BCUT2D eigenvalue weighted by atomic mass is 10.0. The van der Waals surface area contributed by atoms with Gasteiger partial charge in [-0.05, 0) is 60.7 Å². The van der Waals surface area contributed by atoms with E-state index in [1.807, 2.05) is 47.0 Å². The van der Waals surface area contributed by atoms with Crippen molar-refractivity contribution in [3.8, 4) is 29.6 Å². The fourth-order valence-electron chi connectivity index (χ4n) is 6.96. The van der Waals surface area contributed by atoms with Crippen LogP contribution in [-0.4, -0.2) is 9.13 Å². The summed E-state index contributed by atoms with van der Waals surface area (Å²) in [5.74, 6) is 0. The number of nitrogens with zero attached hydrogens (tertiary/aromatic N) is 5. The van der Waals surface area contributed by atoms with Crippen molar-refractivity contribution >= 4 is 65.6 Å². The van der Waals surface area contributed by atoms with Crippen molar-refractivity contribution in [2.45, 2.75) is 0 Å². The Hall–Kier alpha value is -6.81. The van der Waals surface area contributed by atoms with Gasteiger partial charge in [0.1, 0.15) is 29.4 Å². The molecule has 0 N–H and O–H groups in total. The Morgan fingerprint density at radius 2 is 0.956 bits per heavy atom. The highest BCUT2D eigenvalue weighted by molar-refractivity contribution is 6.29. The monoisotopic (exact) mass is 573 g/mol. The third-order valence-corrected chi connectivity index (χ3v) is 8.83. The molecular weight excluding hydrogens is 554 g/mol. The number of hydrogen-bond donors (Lipinski definition) is 0. The van der Waals surface area contributed by atoms with Gasteiger partial charge in [-0.1, -0.05) is 54.6 Å². The molecule has 0 unspecified atom stereocenters. The first-order valence-corrected chi connectivity index (χ1v) is 14.5. The summed E-state index contributed by atoms with van der Waals surface area (Å²) in [6.07, 6.45) is 0. The molecule has 0 aliphatic rings. The second-order valence-electron chi connectivity index (χ2n) is 11.1. The SMILES string of the molecule is N#Cc1cc(C#N)c(-n2c3ccccc3c3c4oc5c(ccc6c5c5ccccc5n6-c5ccccc5)c4ccc32)cc1C#N. The van der Waals surface area contributed by atoms with Gasteiger partial charge in [-0.25, -0.2) is 0 Å². The third-order valence-electron chi connectivity index (χ3n) is 8.83. The molecule has 0 saturated heterocycles. The van der Waals surface area contributed by atoms with E-state index in [1.165, 1.54) is 6.07 Å². The van der Waals surface area contributed by atoms with Crippen LogP contribution in [0.2, 0.25) is 0 Å². The first-order valence-electron chi connectivity index (χ1n) is 14.5. The second kappa shape index (κ2) is 9.09. The molecule has 9 aromatic rings. The molecule has 0 radical (unpaired) electrons. The summed E-state index contributed by atoms with van der Waals surface area (Å²) in [5, 5.41) is 35.6. The molecule has 0 bridgehead atoms. The lowest BCUT2D eigenvalue weighted by Crippen LogP contribution is -2.00. The first kappa shape index (κ1) is 24.8. The van der Waals surface area contributed by atoms with Crippen LogP contribution < -0.4 is 0 Å². The van der Waals surface area contributed by atoms with Crippen LogP contribution >= 0.6 is 0 Å². The molecular formula is C39H19N5O. The van der Waals surface area contributed by atoms with Gasteiger partial charge in [0.2, 0.25) is 0 Å². The Morgan fingerprint density at radius 1 is 0.444 bits per heavy atom. The Labute approximate surface area is 256 Å². The highest BCUT2D eigenvalue weighted by Crippen LogP contribution is 2.44.